The minimum absolute atomic E-state index is 0.210. The molecule has 0 radical (unpaired) electrons. The van der Waals surface area contributed by atoms with Gasteiger partial charge in [-0.05, 0) is 44.9 Å². The second kappa shape index (κ2) is 16.6. The SMILES string of the molecule is CCCCCCCC/C=C\CCCCCCCC(=O)N1CCC(C(=O)O)CC1. The van der Waals surface area contributed by atoms with Gasteiger partial charge in [0, 0.05) is 19.5 Å². The van der Waals surface area contributed by atoms with Gasteiger partial charge in [0.15, 0.2) is 0 Å². The fourth-order valence-corrected chi connectivity index (χ4v) is 3.88. The Morgan fingerprint density at radius 2 is 1.32 bits per heavy atom. The van der Waals surface area contributed by atoms with Gasteiger partial charge < -0.3 is 10.0 Å². The normalized spacial score (nSPS) is 15.4. The lowest BCUT2D eigenvalue weighted by Crippen LogP contribution is -2.40. The third-order valence-electron chi connectivity index (χ3n) is 5.85. The van der Waals surface area contributed by atoms with Crippen molar-refractivity contribution in [2.24, 2.45) is 5.92 Å². The third kappa shape index (κ3) is 12.2. The van der Waals surface area contributed by atoms with Crippen molar-refractivity contribution < 1.29 is 14.7 Å². The maximum Gasteiger partial charge on any atom is 0.306 e. The second-order valence-corrected chi connectivity index (χ2v) is 8.33. The zero-order valence-corrected chi connectivity index (χ0v) is 18.2. The summed E-state index contributed by atoms with van der Waals surface area (Å²) in [5.74, 6) is -0.769. The smallest absolute Gasteiger partial charge is 0.306 e. The number of carboxylic acids is 1. The van der Waals surface area contributed by atoms with E-state index < -0.39 is 5.97 Å². The molecular weight excluding hydrogens is 350 g/mol. The van der Waals surface area contributed by atoms with E-state index in [4.69, 9.17) is 5.11 Å². The fraction of sp³-hybridized carbons (Fsp3) is 0.833. The van der Waals surface area contributed by atoms with Crippen molar-refractivity contribution in [3.8, 4) is 0 Å². The Bertz CT molecular complexity index is 439. The van der Waals surface area contributed by atoms with Crippen LogP contribution in [-0.4, -0.2) is 35.0 Å². The summed E-state index contributed by atoms with van der Waals surface area (Å²) in [5, 5.41) is 9.01. The predicted octanol–water partition coefficient (Wildman–Crippen LogP) is 6.35. The van der Waals surface area contributed by atoms with Gasteiger partial charge in [-0.2, -0.15) is 0 Å². The van der Waals surface area contributed by atoms with E-state index in [2.05, 4.69) is 19.1 Å². The molecule has 1 N–H and O–H groups in total. The first-order valence-electron chi connectivity index (χ1n) is 11.8. The van der Waals surface area contributed by atoms with Crippen molar-refractivity contribution >= 4 is 11.9 Å². The van der Waals surface area contributed by atoms with E-state index in [-0.39, 0.29) is 11.8 Å². The summed E-state index contributed by atoms with van der Waals surface area (Å²) in [7, 11) is 0. The number of amides is 1. The molecule has 0 unspecified atom stereocenters. The molecule has 0 saturated carbocycles. The van der Waals surface area contributed by atoms with Gasteiger partial charge in [0.2, 0.25) is 5.91 Å². The van der Waals surface area contributed by atoms with E-state index in [9.17, 15) is 9.59 Å². The van der Waals surface area contributed by atoms with Crippen molar-refractivity contribution in [2.75, 3.05) is 13.1 Å². The molecule has 0 bridgehead atoms. The maximum atomic E-state index is 12.2. The first kappa shape index (κ1) is 24.7. The van der Waals surface area contributed by atoms with Crippen LogP contribution in [0.25, 0.3) is 0 Å². The molecule has 4 heteroatoms. The number of likely N-dealkylation sites (tertiary alicyclic amines) is 1. The van der Waals surface area contributed by atoms with Gasteiger partial charge in [0.25, 0.3) is 0 Å². The molecule has 1 aliphatic rings. The average molecular weight is 394 g/mol. The number of hydrogen-bond donors (Lipinski definition) is 1. The van der Waals surface area contributed by atoms with Crippen LogP contribution in [0.5, 0.6) is 0 Å². The zero-order valence-electron chi connectivity index (χ0n) is 18.2. The van der Waals surface area contributed by atoms with Gasteiger partial charge >= 0.3 is 5.97 Å². The molecule has 0 aliphatic carbocycles. The third-order valence-corrected chi connectivity index (χ3v) is 5.85. The number of allylic oxidation sites excluding steroid dienone is 2. The van der Waals surface area contributed by atoms with Crippen LogP contribution in [0.15, 0.2) is 12.2 Å². The van der Waals surface area contributed by atoms with Gasteiger partial charge in [0.1, 0.15) is 0 Å². The molecule has 0 aromatic carbocycles. The Kier molecular flexibility index (Phi) is 14.7. The molecular formula is C24H43NO3. The van der Waals surface area contributed by atoms with Gasteiger partial charge in [0.05, 0.1) is 5.92 Å². The highest BCUT2D eigenvalue weighted by Crippen LogP contribution is 2.18. The van der Waals surface area contributed by atoms with E-state index in [0.717, 1.165) is 12.8 Å². The Balaban J connectivity index is 1.87. The Labute approximate surface area is 172 Å². The van der Waals surface area contributed by atoms with Crippen LogP contribution >= 0.6 is 0 Å². The molecule has 0 aromatic heterocycles. The second-order valence-electron chi connectivity index (χ2n) is 8.33. The average Bonchev–Trinajstić information content (AvgIpc) is 2.70. The summed E-state index contributed by atoms with van der Waals surface area (Å²) in [5.41, 5.74) is 0. The molecule has 28 heavy (non-hydrogen) atoms. The largest absolute Gasteiger partial charge is 0.481 e. The molecule has 4 nitrogen and oxygen atoms in total. The standard InChI is InChI=1S/C24H43NO3/c1-2-3-4-5-6-7-8-9-10-11-12-13-14-15-16-17-23(26)25-20-18-22(19-21-25)24(27)28/h9-10,22H,2-8,11-21H2,1H3,(H,27,28)/b10-9-. The molecule has 0 aromatic rings. The van der Waals surface area contributed by atoms with Gasteiger partial charge in [-0.1, -0.05) is 70.4 Å². The number of nitrogens with zero attached hydrogens (tertiary/aromatic N) is 1. The molecule has 1 amide bonds. The Morgan fingerprint density at radius 1 is 0.821 bits per heavy atom. The lowest BCUT2D eigenvalue weighted by Gasteiger charge is -2.30. The summed E-state index contributed by atoms with van der Waals surface area (Å²) in [6.45, 7) is 3.49. The quantitative estimate of drug-likeness (QED) is 0.246. The molecule has 1 aliphatic heterocycles. The number of hydrogen-bond acceptors (Lipinski definition) is 2. The van der Waals surface area contributed by atoms with Crippen LogP contribution in [0.1, 0.15) is 110 Å². The van der Waals surface area contributed by atoms with Crippen molar-refractivity contribution in [1.82, 2.24) is 4.90 Å². The van der Waals surface area contributed by atoms with E-state index in [1.165, 1.54) is 70.6 Å². The number of aliphatic carboxylic acids is 1. The number of piperidine rings is 1. The minimum atomic E-state index is -0.718. The summed E-state index contributed by atoms with van der Waals surface area (Å²) in [6.07, 6.45) is 23.0. The molecule has 1 rings (SSSR count). The maximum absolute atomic E-state index is 12.2. The lowest BCUT2D eigenvalue weighted by atomic mass is 9.97. The first-order chi connectivity index (χ1) is 13.6. The number of carboxylic acid groups (broad SMARTS) is 1. The molecule has 162 valence electrons. The topological polar surface area (TPSA) is 57.6 Å². The van der Waals surface area contributed by atoms with Crippen molar-refractivity contribution in [3.63, 3.8) is 0 Å². The zero-order chi connectivity index (χ0) is 20.5. The minimum Gasteiger partial charge on any atom is -0.481 e. The molecule has 0 atom stereocenters. The number of rotatable bonds is 16. The van der Waals surface area contributed by atoms with Gasteiger partial charge in [-0.25, -0.2) is 0 Å². The Morgan fingerprint density at radius 3 is 1.86 bits per heavy atom. The molecule has 1 fully saturated rings. The molecule has 0 spiro atoms. The summed E-state index contributed by atoms with van der Waals surface area (Å²) in [4.78, 5) is 25.0. The monoisotopic (exact) mass is 393 g/mol. The number of unbranched alkanes of at least 4 members (excludes halogenated alkanes) is 11. The van der Waals surface area contributed by atoms with Gasteiger partial charge in [-0.15, -0.1) is 0 Å². The van der Waals surface area contributed by atoms with Crippen LogP contribution in [0, 0.1) is 5.92 Å². The van der Waals surface area contributed by atoms with Crippen LogP contribution in [0.4, 0.5) is 0 Å². The van der Waals surface area contributed by atoms with Crippen molar-refractivity contribution in [1.29, 1.82) is 0 Å². The van der Waals surface area contributed by atoms with E-state index >= 15 is 0 Å². The Hall–Kier alpha value is -1.32. The van der Waals surface area contributed by atoms with Crippen molar-refractivity contribution in [2.45, 2.75) is 110 Å². The van der Waals surface area contributed by atoms with Crippen molar-refractivity contribution in [3.05, 3.63) is 12.2 Å². The molecule has 1 heterocycles. The highest BCUT2D eigenvalue weighted by atomic mass is 16.4. The van der Waals surface area contributed by atoms with E-state index in [1.807, 2.05) is 4.90 Å². The number of carbonyl (C=O) groups excluding carboxylic acids is 1. The van der Waals surface area contributed by atoms with Crippen LogP contribution < -0.4 is 0 Å². The highest BCUT2D eigenvalue weighted by molar-refractivity contribution is 5.77. The lowest BCUT2D eigenvalue weighted by molar-refractivity contribution is -0.145. The highest BCUT2D eigenvalue weighted by Gasteiger charge is 2.26. The van der Waals surface area contributed by atoms with Gasteiger partial charge in [-0.3, -0.25) is 9.59 Å². The fourth-order valence-electron chi connectivity index (χ4n) is 3.88. The van der Waals surface area contributed by atoms with Crippen LogP contribution in [-0.2, 0) is 9.59 Å². The predicted molar refractivity (Wildman–Crippen MR) is 116 cm³/mol. The number of carbonyl (C=O) groups is 2. The summed E-state index contributed by atoms with van der Waals surface area (Å²) >= 11 is 0. The van der Waals surface area contributed by atoms with E-state index in [1.54, 1.807) is 0 Å². The van der Waals surface area contributed by atoms with E-state index in [0.29, 0.717) is 32.4 Å². The van der Waals surface area contributed by atoms with Crippen LogP contribution in [0.2, 0.25) is 0 Å². The van der Waals surface area contributed by atoms with Crippen LogP contribution in [0.3, 0.4) is 0 Å². The molecule has 1 saturated heterocycles. The summed E-state index contributed by atoms with van der Waals surface area (Å²) < 4.78 is 0. The summed E-state index contributed by atoms with van der Waals surface area (Å²) in [6, 6.07) is 0. The first-order valence-corrected chi connectivity index (χ1v) is 11.8.